The maximum absolute atomic E-state index is 9.39. The van der Waals surface area contributed by atoms with Crippen molar-refractivity contribution in [1.82, 2.24) is 4.90 Å². The summed E-state index contributed by atoms with van der Waals surface area (Å²) in [5, 5.41) is 7.71. The number of hydrogen-bond donors (Lipinski definition) is 1. The molecule has 0 unspecified atom stereocenters. The largest absolute Gasteiger partial charge is 0.481 e. The Morgan fingerprint density at radius 1 is 1.50 bits per heavy atom. The average Bonchev–Trinajstić information content (AvgIpc) is 1.62. The van der Waals surface area contributed by atoms with Crippen molar-refractivity contribution in [2.24, 2.45) is 0 Å². The zero-order valence-electron chi connectivity index (χ0n) is 6.37. The molecule has 4 nitrogen and oxygen atoms in total. The third-order valence-corrected chi connectivity index (χ3v) is 0.599. The van der Waals surface area contributed by atoms with Gasteiger partial charge in [-0.15, -0.1) is 0 Å². The first-order valence-corrected chi connectivity index (χ1v) is 3.62. The monoisotopic (exact) mass is 165 g/mol. The van der Waals surface area contributed by atoms with Gasteiger partial charge < -0.3 is 10.0 Å². The summed E-state index contributed by atoms with van der Waals surface area (Å²) in [6.07, 6.45) is -0.292. The summed E-state index contributed by atoms with van der Waals surface area (Å²) in [5.74, 6) is -1.04. The van der Waals surface area contributed by atoms with Crippen LogP contribution < -0.4 is 0 Å². The molecule has 0 aromatic carbocycles. The molecule has 0 heterocycles. The van der Waals surface area contributed by atoms with Crippen LogP contribution in [0.4, 0.5) is 0 Å². The molecule has 10 heavy (non-hydrogen) atoms. The molecule has 0 spiro atoms. The highest BCUT2D eigenvalue weighted by molar-refractivity contribution is 7.25. The van der Waals surface area contributed by atoms with Crippen molar-refractivity contribution < 1.29 is 14.5 Å². The Bertz CT molecular complexity index is 102. The summed E-state index contributed by atoms with van der Waals surface area (Å²) >= 11 is 0. The van der Waals surface area contributed by atoms with E-state index in [-0.39, 0.29) is 14.6 Å². The molecule has 0 aliphatic carbocycles. The van der Waals surface area contributed by atoms with Crippen LogP contribution in [0.5, 0.6) is 0 Å². The van der Waals surface area contributed by atoms with Gasteiger partial charge in [-0.1, -0.05) is 0 Å². The number of carboxylic acid groups (broad SMARTS) is 1. The van der Waals surface area contributed by atoms with Crippen molar-refractivity contribution in [3.8, 4) is 0 Å². The van der Waals surface area contributed by atoms with Crippen molar-refractivity contribution in [3.05, 3.63) is 0 Å². The fourth-order valence-electron chi connectivity index (χ4n) is 0.0552. The molecule has 0 aliphatic heterocycles. The third kappa shape index (κ3) is 50.2. The summed E-state index contributed by atoms with van der Waals surface area (Å²) in [6, 6.07) is 0. The lowest BCUT2D eigenvalue weighted by Gasteiger charge is -1.90. The average molecular weight is 165 g/mol. The van der Waals surface area contributed by atoms with Gasteiger partial charge in [0, 0.05) is 0 Å². The quantitative estimate of drug-likeness (QED) is 0.606. The molecule has 0 amide bonds. The predicted molar refractivity (Wildman–Crippen MR) is 39.7 cm³/mol. The molecule has 0 radical (unpaired) electrons. The topological polar surface area (TPSA) is 57.6 Å². The van der Waals surface area contributed by atoms with Crippen LogP contribution in [-0.4, -0.2) is 43.3 Å². The molecule has 0 saturated heterocycles. The molecule has 0 atom stereocenters. The van der Waals surface area contributed by atoms with E-state index in [2.05, 4.69) is 0 Å². The van der Waals surface area contributed by atoms with Crippen molar-refractivity contribution >= 4 is 14.4 Å². The van der Waals surface area contributed by atoms with Crippen molar-refractivity contribution in [3.63, 3.8) is 0 Å². The molecule has 0 bridgehead atoms. The van der Waals surface area contributed by atoms with E-state index in [1.165, 1.54) is 0 Å². The first-order chi connectivity index (χ1) is 4.50. The second kappa shape index (κ2) is 8.53. The second-order valence-electron chi connectivity index (χ2n) is 2.02. The van der Waals surface area contributed by atoms with Crippen molar-refractivity contribution in [2.75, 3.05) is 27.3 Å². The third-order valence-electron chi connectivity index (χ3n) is 0.200. The van der Waals surface area contributed by atoms with Gasteiger partial charge in [-0.2, -0.15) is 0 Å². The van der Waals surface area contributed by atoms with E-state index < -0.39 is 5.97 Å². The molecule has 0 aliphatic rings. The summed E-state index contributed by atoms with van der Waals surface area (Å²) in [4.78, 5) is 11.4. The molecular weight excluding hydrogens is 153 g/mol. The summed E-state index contributed by atoms with van der Waals surface area (Å²) in [6.45, 7) is 0. The normalized spacial score (nSPS) is 8.80. The molecule has 0 aromatic rings. The number of rotatable bonds is 2. The Morgan fingerprint density at radius 2 is 1.80 bits per heavy atom. The van der Waals surface area contributed by atoms with Crippen LogP contribution in [0.3, 0.4) is 0 Å². The second-order valence-corrected chi connectivity index (χ2v) is 2.60. The molecule has 0 aromatic heterocycles. The summed E-state index contributed by atoms with van der Waals surface area (Å²) in [7, 11) is 5.67. The van der Waals surface area contributed by atoms with Gasteiger partial charge in [-0.25, -0.2) is 0 Å². The van der Waals surface area contributed by atoms with E-state index in [1.807, 2.05) is 26.0 Å². The Labute approximate surface area is 62.0 Å². The minimum atomic E-state index is -1.04. The van der Waals surface area contributed by atoms with Crippen LogP contribution in [0, 0.1) is 0 Å². The van der Waals surface area contributed by atoms with E-state index in [0.717, 1.165) is 0 Å². The van der Waals surface area contributed by atoms with Crippen LogP contribution in [0.25, 0.3) is 0 Å². The highest BCUT2D eigenvalue weighted by atomic mass is 31.1. The van der Waals surface area contributed by atoms with Crippen molar-refractivity contribution in [2.45, 2.75) is 0 Å². The van der Waals surface area contributed by atoms with Gasteiger partial charge in [0.25, 0.3) is 0 Å². The highest BCUT2D eigenvalue weighted by Crippen LogP contribution is 1.86. The standard InChI is InChI=1S/C3H9N.C2H3O3P/c1-4(2)3;3-2(4)1-6-5/h1-3H3;1H2,(H,3,4). The van der Waals surface area contributed by atoms with E-state index in [9.17, 15) is 9.36 Å². The van der Waals surface area contributed by atoms with Gasteiger partial charge in [0.2, 0.25) is 0 Å². The summed E-state index contributed by atoms with van der Waals surface area (Å²) < 4.78 is 9.33. The predicted octanol–water partition coefficient (Wildman–Crippen LogP) is 0.540. The van der Waals surface area contributed by atoms with Gasteiger partial charge in [0.05, 0.1) is 0 Å². The van der Waals surface area contributed by atoms with Gasteiger partial charge in [0.1, 0.15) is 6.16 Å². The van der Waals surface area contributed by atoms with Crippen LogP contribution >= 0.6 is 8.46 Å². The molecule has 60 valence electrons. The highest BCUT2D eigenvalue weighted by Gasteiger charge is 1.89. The zero-order chi connectivity index (χ0) is 8.57. The smallest absolute Gasteiger partial charge is 0.315 e. The van der Waals surface area contributed by atoms with E-state index in [1.54, 1.807) is 0 Å². The molecule has 1 N–H and O–H groups in total. The number of carbonyl (C=O) groups is 1. The lowest BCUT2D eigenvalue weighted by molar-refractivity contribution is -0.134. The zero-order valence-corrected chi connectivity index (χ0v) is 7.26. The van der Waals surface area contributed by atoms with Gasteiger partial charge in [0.15, 0.2) is 8.46 Å². The van der Waals surface area contributed by atoms with Gasteiger partial charge in [-0.05, 0) is 21.1 Å². The number of nitrogens with zero attached hydrogens (tertiary/aromatic N) is 1. The number of aliphatic carboxylic acids is 1. The van der Waals surface area contributed by atoms with E-state index >= 15 is 0 Å². The Kier molecular flexibility index (Phi) is 10.4. The SMILES string of the molecule is CN(C)C.O=PCC(=O)O. The molecule has 0 fully saturated rings. The first-order valence-electron chi connectivity index (χ1n) is 2.62. The lowest BCUT2D eigenvalue weighted by atomic mass is 10.8. The maximum Gasteiger partial charge on any atom is 0.315 e. The van der Waals surface area contributed by atoms with Crippen LogP contribution in [0.1, 0.15) is 0 Å². The fraction of sp³-hybridized carbons (Fsp3) is 0.800. The van der Waals surface area contributed by atoms with Crippen LogP contribution in [0.15, 0.2) is 0 Å². The lowest BCUT2D eigenvalue weighted by Crippen LogP contribution is -1.99. The molecule has 0 rings (SSSR count). The molecular formula is C5H12NO3P. The Morgan fingerprint density at radius 3 is 1.80 bits per heavy atom. The Hall–Kier alpha value is -0.470. The van der Waals surface area contributed by atoms with Gasteiger partial charge in [-0.3, -0.25) is 9.36 Å². The van der Waals surface area contributed by atoms with Crippen LogP contribution in [0.2, 0.25) is 0 Å². The van der Waals surface area contributed by atoms with Crippen molar-refractivity contribution in [1.29, 1.82) is 0 Å². The summed E-state index contributed by atoms with van der Waals surface area (Å²) in [5.41, 5.74) is 0. The minimum Gasteiger partial charge on any atom is -0.481 e. The van der Waals surface area contributed by atoms with E-state index in [4.69, 9.17) is 5.11 Å². The maximum atomic E-state index is 9.39. The molecule has 5 heteroatoms. The number of hydrogen-bond acceptors (Lipinski definition) is 3. The van der Waals surface area contributed by atoms with Gasteiger partial charge >= 0.3 is 5.97 Å². The first kappa shape index (κ1) is 12.2. The van der Waals surface area contributed by atoms with E-state index in [0.29, 0.717) is 0 Å². The number of carboxylic acids is 1. The van der Waals surface area contributed by atoms with Crippen LogP contribution in [-0.2, 0) is 9.36 Å². The molecule has 0 saturated carbocycles. The minimum absolute atomic E-state index is 0.292. The fourth-order valence-corrected chi connectivity index (χ4v) is 0.166. The Balaban J connectivity index is 0.